The van der Waals surface area contributed by atoms with E-state index in [9.17, 15) is 0 Å². The Morgan fingerprint density at radius 2 is 2.31 bits per heavy atom. The Balaban J connectivity index is 2.45. The van der Waals surface area contributed by atoms with Crippen LogP contribution in [-0.2, 0) is 12.8 Å². The van der Waals surface area contributed by atoms with Gasteiger partial charge in [0.1, 0.15) is 5.75 Å². The predicted octanol–water partition coefficient (Wildman–Crippen LogP) is 1.43. The Morgan fingerprint density at radius 3 is 3.08 bits per heavy atom. The van der Waals surface area contributed by atoms with Crippen molar-refractivity contribution in [1.29, 1.82) is 0 Å². The van der Waals surface area contributed by atoms with Crippen LogP contribution < -0.4 is 10.5 Å². The molecule has 0 spiro atoms. The Labute approximate surface area is 78.7 Å². The zero-order valence-corrected chi connectivity index (χ0v) is 7.97. The van der Waals surface area contributed by atoms with Gasteiger partial charge in [0.2, 0.25) is 0 Å². The first-order valence-corrected chi connectivity index (χ1v) is 4.77. The number of nitrogens with two attached hydrogens (primary N) is 1. The van der Waals surface area contributed by atoms with Gasteiger partial charge in [-0.25, -0.2) is 0 Å². The highest BCUT2D eigenvalue weighted by molar-refractivity contribution is 5.47. The molecule has 0 fully saturated rings. The summed E-state index contributed by atoms with van der Waals surface area (Å²) < 4.78 is 5.50. The van der Waals surface area contributed by atoms with E-state index in [0.717, 1.165) is 31.7 Å². The van der Waals surface area contributed by atoms with Crippen LogP contribution in [0.15, 0.2) is 12.1 Å². The van der Waals surface area contributed by atoms with Crippen molar-refractivity contribution >= 4 is 0 Å². The van der Waals surface area contributed by atoms with E-state index in [2.05, 4.69) is 19.1 Å². The van der Waals surface area contributed by atoms with Gasteiger partial charge in [-0.3, -0.25) is 0 Å². The van der Waals surface area contributed by atoms with Gasteiger partial charge in [-0.2, -0.15) is 0 Å². The van der Waals surface area contributed by atoms with Gasteiger partial charge in [0.05, 0.1) is 6.61 Å². The van der Waals surface area contributed by atoms with Crippen LogP contribution in [0.3, 0.4) is 0 Å². The Morgan fingerprint density at radius 1 is 1.46 bits per heavy atom. The number of fused-ring (bicyclic) bond motifs is 1. The van der Waals surface area contributed by atoms with Crippen molar-refractivity contribution in [3.8, 4) is 5.75 Å². The lowest BCUT2D eigenvalue weighted by Gasteiger charge is -2.09. The van der Waals surface area contributed by atoms with Crippen molar-refractivity contribution in [2.24, 2.45) is 5.73 Å². The average molecular weight is 177 g/mol. The molecule has 1 aliphatic rings. The third-order valence-electron chi connectivity index (χ3n) is 2.63. The molecular weight excluding hydrogens is 162 g/mol. The molecule has 1 aliphatic heterocycles. The number of hydrogen-bond acceptors (Lipinski definition) is 2. The molecule has 2 N–H and O–H groups in total. The summed E-state index contributed by atoms with van der Waals surface area (Å²) in [6, 6.07) is 4.19. The van der Waals surface area contributed by atoms with Gasteiger partial charge in [-0.15, -0.1) is 0 Å². The van der Waals surface area contributed by atoms with E-state index in [4.69, 9.17) is 10.5 Å². The van der Waals surface area contributed by atoms with Gasteiger partial charge in [0, 0.05) is 12.0 Å². The minimum Gasteiger partial charge on any atom is -0.493 e. The molecule has 1 aromatic rings. The van der Waals surface area contributed by atoms with E-state index in [-0.39, 0.29) is 0 Å². The van der Waals surface area contributed by atoms with Crippen LogP contribution in [0.4, 0.5) is 0 Å². The molecule has 1 aromatic carbocycles. The minimum atomic E-state index is 0.720. The van der Waals surface area contributed by atoms with Crippen molar-refractivity contribution < 1.29 is 4.74 Å². The predicted molar refractivity (Wildman–Crippen MR) is 53.1 cm³/mol. The van der Waals surface area contributed by atoms with E-state index in [0.29, 0.717) is 0 Å². The zero-order valence-electron chi connectivity index (χ0n) is 7.97. The summed E-state index contributed by atoms with van der Waals surface area (Å²) in [5, 5.41) is 0. The van der Waals surface area contributed by atoms with Crippen molar-refractivity contribution in [3.63, 3.8) is 0 Å². The van der Waals surface area contributed by atoms with Gasteiger partial charge < -0.3 is 10.5 Å². The summed E-state index contributed by atoms with van der Waals surface area (Å²) in [6.45, 7) is 3.69. The molecule has 0 atom stereocenters. The fourth-order valence-electron chi connectivity index (χ4n) is 1.95. The maximum absolute atomic E-state index is 5.58. The van der Waals surface area contributed by atoms with Crippen LogP contribution in [0.5, 0.6) is 5.75 Å². The topological polar surface area (TPSA) is 35.2 Å². The van der Waals surface area contributed by atoms with Gasteiger partial charge in [-0.05, 0) is 37.1 Å². The molecule has 2 heteroatoms. The Kier molecular flexibility index (Phi) is 2.23. The molecule has 1 heterocycles. The monoisotopic (exact) mass is 177 g/mol. The van der Waals surface area contributed by atoms with E-state index < -0.39 is 0 Å². The van der Waals surface area contributed by atoms with Crippen LogP contribution in [0.1, 0.15) is 16.7 Å². The summed E-state index contributed by atoms with van der Waals surface area (Å²) in [4.78, 5) is 0. The molecule has 2 rings (SSSR count). The van der Waals surface area contributed by atoms with Crippen molar-refractivity contribution in [2.75, 3.05) is 13.2 Å². The van der Waals surface area contributed by atoms with Gasteiger partial charge in [0.15, 0.2) is 0 Å². The first-order valence-electron chi connectivity index (χ1n) is 4.77. The SMILES string of the molecule is Cc1ccc2c(c1CCN)CCO2. The smallest absolute Gasteiger partial charge is 0.122 e. The number of ether oxygens (including phenoxy) is 1. The second-order valence-electron chi connectivity index (χ2n) is 3.47. The van der Waals surface area contributed by atoms with Crippen LogP contribution in [-0.4, -0.2) is 13.2 Å². The Hall–Kier alpha value is -1.02. The molecule has 13 heavy (non-hydrogen) atoms. The first kappa shape index (κ1) is 8.57. The summed E-state index contributed by atoms with van der Waals surface area (Å²) >= 11 is 0. The second kappa shape index (κ2) is 3.38. The number of benzene rings is 1. The molecular formula is C11H15NO. The van der Waals surface area contributed by atoms with E-state index in [1.54, 1.807) is 0 Å². The summed E-state index contributed by atoms with van der Waals surface area (Å²) in [6.07, 6.45) is 2.02. The average Bonchev–Trinajstić information content (AvgIpc) is 2.58. The lowest BCUT2D eigenvalue weighted by Crippen LogP contribution is -2.06. The van der Waals surface area contributed by atoms with Crippen LogP contribution in [0.25, 0.3) is 0 Å². The number of hydrogen-bond donors (Lipinski definition) is 1. The van der Waals surface area contributed by atoms with Gasteiger partial charge in [-0.1, -0.05) is 6.07 Å². The zero-order chi connectivity index (χ0) is 9.26. The largest absolute Gasteiger partial charge is 0.493 e. The van der Waals surface area contributed by atoms with E-state index in [1.807, 2.05) is 0 Å². The first-order chi connectivity index (χ1) is 6.33. The molecule has 0 saturated heterocycles. The quantitative estimate of drug-likeness (QED) is 0.741. The van der Waals surface area contributed by atoms with Crippen molar-refractivity contribution in [2.45, 2.75) is 19.8 Å². The van der Waals surface area contributed by atoms with E-state index in [1.165, 1.54) is 16.7 Å². The van der Waals surface area contributed by atoms with Crippen LogP contribution in [0, 0.1) is 6.92 Å². The molecule has 0 aliphatic carbocycles. The fraction of sp³-hybridized carbons (Fsp3) is 0.455. The Bertz CT molecular complexity index is 320. The maximum Gasteiger partial charge on any atom is 0.122 e. The molecule has 2 nitrogen and oxygen atoms in total. The number of aryl methyl sites for hydroxylation is 1. The molecule has 0 bridgehead atoms. The normalized spacial score (nSPS) is 14.0. The lowest BCUT2D eigenvalue weighted by molar-refractivity contribution is 0.357. The number of rotatable bonds is 2. The molecule has 0 amide bonds. The molecule has 70 valence electrons. The molecule has 0 aromatic heterocycles. The fourth-order valence-corrected chi connectivity index (χ4v) is 1.95. The highest BCUT2D eigenvalue weighted by atomic mass is 16.5. The summed E-state index contributed by atoms with van der Waals surface area (Å²) in [7, 11) is 0. The van der Waals surface area contributed by atoms with Crippen molar-refractivity contribution in [3.05, 3.63) is 28.8 Å². The van der Waals surface area contributed by atoms with Crippen LogP contribution >= 0.6 is 0 Å². The second-order valence-corrected chi connectivity index (χ2v) is 3.47. The van der Waals surface area contributed by atoms with Crippen LogP contribution in [0.2, 0.25) is 0 Å². The maximum atomic E-state index is 5.58. The third kappa shape index (κ3) is 1.42. The lowest BCUT2D eigenvalue weighted by atomic mass is 9.97. The summed E-state index contributed by atoms with van der Waals surface area (Å²) in [5.74, 6) is 1.06. The third-order valence-corrected chi connectivity index (χ3v) is 2.63. The molecule has 0 unspecified atom stereocenters. The van der Waals surface area contributed by atoms with Crippen molar-refractivity contribution in [1.82, 2.24) is 0 Å². The van der Waals surface area contributed by atoms with Gasteiger partial charge >= 0.3 is 0 Å². The standard InChI is InChI=1S/C11H15NO/c1-8-2-3-11-10(5-7-13-11)9(8)4-6-12/h2-3H,4-7,12H2,1H3. The highest BCUT2D eigenvalue weighted by Crippen LogP contribution is 2.30. The van der Waals surface area contributed by atoms with E-state index >= 15 is 0 Å². The minimum absolute atomic E-state index is 0.720. The molecule has 0 saturated carbocycles. The summed E-state index contributed by atoms with van der Waals surface area (Å²) in [5.41, 5.74) is 9.71. The highest BCUT2D eigenvalue weighted by Gasteiger charge is 2.16. The molecule has 0 radical (unpaired) electrons. The van der Waals surface area contributed by atoms with Gasteiger partial charge in [0.25, 0.3) is 0 Å².